The summed E-state index contributed by atoms with van der Waals surface area (Å²) in [7, 11) is 0. The molecule has 1 aliphatic rings. The maximum absolute atomic E-state index is 11.8. The second-order valence-corrected chi connectivity index (χ2v) is 4.36. The van der Waals surface area contributed by atoms with Crippen molar-refractivity contribution in [2.75, 3.05) is 0 Å². The summed E-state index contributed by atoms with van der Waals surface area (Å²) in [4.78, 5) is 25.6. The normalized spacial score (nSPS) is 16.6. The number of rotatable bonds is 4. The van der Waals surface area contributed by atoms with Crippen LogP contribution in [0, 0.1) is 0 Å². The van der Waals surface area contributed by atoms with Gasteiger partial charge in [0.05, 0.1) is 6.04 Å². The van der Waals surface area contributed by atoms with Crippen LogP contribution in [0.15, 0.2) is 4.79 Å². The first kappa shape index (κ1) is 11.8. The van der Waals surface area contributed by atoms with Crippen molar-refractivity contribution in [1.29, 1.82) is 0 Å². The molecule has 1 fully saturated rings. The highest BCUT2D eigenvalue weighted by atomic mass is 16.1. The molecule has 1 heterocycles. The summed E-state index contributed by atoms with van der Waals surface area (Å²) in [5.74, 6) is 0.853. The van der Waals surface area contributed by atoms with Gasteiger partial charge in [0.15, 0.2) is 5.69 Å². The van der Waals surface area contributed by atoms with Crippen LogP contribution in [0.3, 0.4) is 0 Å². The van der Waals surface area contributed by atoms with Gasteiger partial charge in [-0.15, -0.1) is 10.2 Å². The molecule has 1 amide bonds. The number of aromatic amines is 1. The Hall–Kier alpha value is -1.72. The Morgan fingerprint density at radius 2 is 2.24 bits per heavy atom. The topological polar surface area (TPSA) is 87.7 Å². The van der Waals surface area contributed by atoms with E-state index in [4.69, 9.17) is 0 Å². The van der Waals surface area contributed by atoms with Crippen LogP contribution < -0.4 is 10.9 Å². The van der Waals surface area contributed by atoms with Gasteiger partial charge < -0.3 is 10.3 Å². The van der Waals surface area contributed by atoms with Gasteiger partial charge in [0.2, 0.25) is 5.91 Å². The molecule has 6 nitrogen and oxygen atoms in total. The summed E-state index contributed by atoms with van der Waals surface area (Å²) in [5, 5.41) is 10.7. The lowest BCUT2D eigenvalue weighted by Gasteiger charge is -2.13. The molecule has 0 radical (unpaired) electrons. The van der Waals surface area contributed by atoms with Gasteiger partial charge in [-0.3, -0.25) is 9.59 Å². The van der Waals surface area contributed by atoms with E-state index < -0.39 is 0 Å². The van der Waals surface area contributed by atoms with Gasteiger partial charge in [-0.05, 0) is 19.3 Å². The summed E-state index contributed by atoms with van der Waals surface area (Å²) < 4.78 is 0. The number of H-pyrrole nitrogens is 1. The number of carbonyl (C=O) groups excluding carboxylic acids is 1. The molecule has 1 saturated carbocycles. The van der Waals surface area contributed by atoms with Gasteiger partial charge in [-0.25, -0.2) is 0 Å². The van der Waals surface area contributed by atoms with Crippen molar-refractivity contribution in [3.8, 4) is 0 Å². The average molecular weight is 236 g/mol. The lowest BCUT2D eigenvalue weighted by molar-refractivity contribution is -0.119. The molecule has 2 N–H and O–H groups in total. The van der Waals surface area contributed by atoms with Crippen LogP contribution in [0.5, 0.6) is 0 Å². The smallest absolute Gasteiger partial charge is 0.275 e. The largest absolute Gasteiger partial charge is 0.348 e. The standard InChI is InChI=1S/C11H16N4O2/c1-3-8(12-6(2)16)9-11(17)13-10(15-14-9)7-4-5-7/h7-8H,3-5H2,1-2H3,(H,12,16)(H,13,15,17). The lowest BCUT2D eigenvalue weighted by atomic mass is 10.1. The lowest BCUT2D eigenvalue weighted by Crippen LogP contribution is -2.32. The first-order chi connectivity index (χ1) is 8.11. The van der Waals surface area contributed by atoms with Gasteiger partial charge in [0.1, 0.15) is 5.82 Å². The molecule has 0 aliphatic heterocycles. The third-order valence-electron chi connectivity index (χ3n) is 2.82. The number of carbonyl (C=O) groups is 1. The molecule has 1 aromatic heterocycles. The van der Waals surface area contributed by atoms with E-state index in [0.717, 1.165) is 12.8 Å². The van der Waals surface area contributed by atoms with Crippen LogP contribution in [0.2, 0.25) is 0 Å². The van der Waals surface area contributed by atoms with E-state index in [-0.39, 0.29) is 23.2 Å². The predicted molar refractivity (Wildman–Crippen MR) is 61.5 cm³/mol. The molecule has 17 heavy (non-hydrogen) atoms. The van der Waals surface area contributed by atoms with Crippen molar-refractivity contribution in [2.24, 2.45) is 0 Å². The molecule has 0 aromatic carbocycles. The van der Waals surface area contributed by atoms with E-state index in [2.05, 4.69) is 20.5 Å². The molecule has 1 aromatic rings. The second kappa shape index (κ2) is 4.65. The predicted octanol–water partition coefficient (Wildman–Crippen LogP) is 0.629. The van der Waals surface area contributed by atoms with E-state index in [1.165, 1.54) is 6.92 Å². The fourth-order valence-electron chi connectivity index (χ4n) is 1.74. The summed E-state index contributed by atoms with van der Waals surface area (Å²) in [5.41, 5.74) is 0.0367. The third-order valence-corrected chi connectivity index (χ3v) is 2.82. The molecule has 0 bridgehead atoms. The molecule has 0 saturated heterocycles. The number of aromatic nitrogens is 3. The van der Waals surface area contributed by atoms with E-state index >= 15 is 0 Å². The molecular weight excluding hydrogens is 220 g/mol. The monoisotopic (exact) mass is 236 g/mol. The summed E-state index contributed by atoms with van der Waals surface area (Å²) in [6.45, 7) is 3.30. The Balaban J connectivity index is 2.24. The maximum Gasteiger partial charge on any atom is 0.275 e. The number of hydrogen-bond acceptors (Lipinski definition) is 4. The first-order valence-corrected chi connectivity index (χ1v) is 5.85. The molecule has 1 atom stereocenters. The van der Waals surface area contributed by atoms with Crippen LogP contribution >= 0.6 is 0 Å². The number of nitrogens with zero attached hydrogens (tertiary/aromatic N) is 2. The first-order valence-electron chi connectivity index (χ1n) is 5.85. The van der Waals surface area contributed by atoms with Crippen molar-refractivity contribution < 1.29 is 4.79 Å². The number of hydrogen-bond donors (Lipinski definition) is 2. The molecule has 0 spiro atoms. The molecule has 92 valence electrons. The highest BCUT2D eigenvalue weighted by Gasteiger charge is 2.27. The van der Waals surface area contributed by atoms with Gasteiger partial charge in [0, 0.05) is 12.8 Å². The van der Waals surface area contributed by atoms with Crippen LogP contribution in [-0.2, 0) is 4.79 Å². The fraction of sp³-hybridized carbons (Fsp3) is 0.636. The van der Waals surface area contributed by atoms with E-state index in [1.807, 2.05) is 6.92 Å². The summed E-state index contributed by atoms with van der Waals surface area (Å²) in [6, 6.07) is -0.364. The van der Waals surface area contributed by atoms with E-state index in [1.54, 1.807) is 0 Å². The van der Waals surface area contributed by atoms with Gasteiger partial charge in [-0.2, -0.15) is 0 Å². The minimum Gasteiger partial charge on any atom is -0.348 e. The average Bonchev–Trinajstić information content (AvgIpc) is 3.09. The molecule has 2 rings (SSSR count). The quantitative estimate of drug-likeness (QED) is 0.802. The van der Waals surface area contributed by atoms with E-state index in [9.17, 15) is 9.59 Å². The van der Waals surface area contributed by atoms with Crippen molar-refractivity contribution >= 4 is 5.91 Å². The van der Waals surface area contributed by atoms with Crippen molar-refractivity contribution in [3.63, 3.8) is 0 Å². The molecule has 1 aliphatic carbocycles. The van der Waals surface area contributed by atoms with Gasteiger partial charge in [0.25, 0.3) is 5.56 Å². The highest BCUT2D eigenvalue weighted by Crippen LogP contribution is 2.37. The SMILES string of the molecule is CCC(NC(C)=O)c1nnc(C2CC2)[nH]c1=O. The highest BCUT2D eigenvalue weighted by molar-refractivity contribution is 5.73. The van der Waals surface area contributed by atoms with Crippen molar-refractivity contribution in [3.05, 3.63) is 21.9 Å². The Bertz CT molecular complexity index is 479. The minimum atomic E-state index is -0.364. The van der Waals surface area contributed by atoms with Crippen molar-refractivity contribution in [1.82, 2.24) is 20.5 Å². The fourth-order valence-corrected chi connectivity index (χ4v) is 1.74. The van der Waals surface area contributed by atoms with Crippen LogP contribution in [0.4, 0.5) is 0 Å². The Morgan fingerprint density at radius 1 is 1.53 bits per heavy atom. The van der Waals surface area contributed by atoms with Crippen LogP contribution in [0.1, 0.15) is 56.6 Å². The van der Waals surface area contributed by atoms with E-state index in [0.29, 0.717) is 18.2 Å². The Kier molecular flexibility index (Phi) is 3.21. The number of amides is 1. The van der Waals surface area contributed by atoms with Crippen molar-refractivity contribution in [2.45, 2.75) is 45.1 Å². The zero-order valence-corrected chi connectivity index (χ0v) is 9.99. The zero-order valence-electron chi connectivity index (χ0n) is 9.99. The third kappa shape index (κ3) is 2.69. The maximum atomic E-state index is 11.8. The molecule has 6 heteroatoms. The Labute approximate surface area is 98.8 Å². The molecular formula is C11H16N4O2. The Morgan fingerprint density at radius 3 is 2.71 bits per heavy atom. The minimum absolute atomic E-state index is 0.177. The van der Waals surface area contributed by atoms with Gasteiger partial charge in [-0.1, -0.05) is 6.92 Å². The van der Waals surface area contributed by atoms with Gasteiger partial charge >= 0.3 is 0 Å². The second-order valence-electron chi connectivity index (χ2n) is 4.36. The zero-order chi connectivity index (χ0) is 12.4. The van der Waals surface area contributed by atoms with Crippen LogP contribution in [0.25, 0.3) is 0 Å². The van der Waals surface area contributed by atoms with Crippen LogP contribution in [-0.4, -0.2) is 21.1 Å². The molecule has 1 unspecified atom stereocenters. The number of nitrogens with one attached hydrogen (secondary N) is 2. The summed E-state index contributed by atoms with van der Waals surface area (Å²) >= 11 is 0. The summed E-state index contributed by atoms with van der Waals surface area (Å²) in [6.07, 6.45) is 2.74.